The number of para-hydroxylation sites is 5. The predicted molar refractivity (Wildman–Crippen MR) is 613 cm³/mol. The molecule has 33 aromatic rings. The van der Waals surface area contributed by atoms with E-state index in [9.17, 15) is 0 Å². The van der Waals surface area contributed by atoms with Gasteiger partial charge in [0.05, 0.1) is 105 Å². The highest BCUT2D eigenvalue weighted by Crippen LogP contribution is 2.51. The molecule has 33 rings (SSSR count). The molecule has 0 fully saturated rings. The van der Waals surface area contributed by atoms with E-state index in [2.05, 4.69) is 469 Å². The van der Waals surface area contributed by atoms with Gasteiger partial charge >= 0.3 is 0 Å². The largest absolute Gasteiger partial charge is 0.311 e. The second-order valence-corrected chi connectivity index (χ2v) is 38.4. The van der Waals surface area contributed by atoms with Crippen LogP contribution in [0.15, 0.2) is 492 Å². The van der Waals surface area contributed by atoms with Crippen LogP contribution in [0.3, 0.4) is 0 Å². The minimum Gasteiger partial charge on any atom is -0.311 e. The zero-order chi connectivity index (χ0) is 97.6. The number of imidazole rings is 3. The molecule has 0 spiro atoms. The first-order valence-electron chi connectivity index (χ1n) is 50.4. The fraction of sp³-hybridized carbons (Fsp3) is 0. The molecule has 0 bridgehead atoms. The Bertz CT molecular complexity index is 11100. The quantitative estimate of drug-likeness (QED) is 0.117. The molecule has 0 N–H and O–H groups in total. The third-order valence-corrected chi connectivity index (χ3v) is 30.2. The minimum atomic E-state index is 0.643. The molecule has 0 atom stereocenters. The number of aromatic nitrogens is 14. The van der Waals surface area contributed by atoms with Gasteiger partial charge in [-0.05, 0) is 207 Å². The molecule has 21 aromatic carbocycles. The van der Waals surface area contributed by atoms with Gasteiger partial charge in [0.2, 0.25) is 11.9 Å². The van der Waals surface area contributed by atoms with E-state index >= 15 is 0 Å². The van der Waals surface area contributed by atoms with Crippen molar-refractivity contribution in [2.75, 3.05) is 4.90 Å². The fourth-order valence-corrected chi connectivity index (χ4v) is 23.8. The van der Waals surface area contributed by atoms with Gasteiger partial charge < -0.3 is 9.47 Å². The maximum atomic E-state index is 5.35. The Morgan fingerprint density at radius 3 is 0.966 bits per heavy atom. The summed E-state index contributed by atoms with van der Waals surface area (Å²) in [5.41, 5.74) is 31.8. The minimum absolute atomic E-state index is 0.643. The molecule has 0 saturated carbocycles. The summed E-state index contributed by atoms with van der Waals surface area (Å²) in [7, 11) is 0. The van der Waals surface area contributed by atoms with Crippen molar-refractivity contribution in [3.05, 3.63) is 492 Å². The lowest BCUT2D eigenvalue weighted by Crippen LogP contribution is -2.09. The molecule has 15 heteroatoms. The van der Waals surface area contributed by atoms with Crippen molar-refractivity contribution in [1.82, 2.24) is 66.8 Å². The summed E-state index contributed by atoms with van der Waals surface area (Å²) in [5, 5.41) is 21.2. The highest BCUT2D eigenvalue weighted by Gasteiger charge is 2.31. The molecule has 0 radical (unpaired) electrons. The molecule has 0 unspecified atom stereocenters. The standard InChI is InChI=1S/C53H34N4.C43H25N5.C38H22N6/c1-4-13-37(14-5-1)53-54-46-31-32-48-51-50-44(45-33-38-15-10-11-16-39(38)34-49(45)57(53)52(46)51)21-12-22-47(50)56(48)43-29-25-36(26-30-43)35-23-27-42(28-24-35)55(40-17-6-2-7-18-40)41-19-8-3-9-20-41;1-3-12-26(13-4-1)40-31-18-9-10-20-33(31)45-43(46-40)47-35-21-11-19-30-32-24-28-16-7-8-17-29(28)25-37(32)48-41-34(22-23-36(47)39(41)38(30)35)44-42(48)27-14-5-2-6-15-27;1-2-11-23(12-3-1)35-26-14-4-6-16-27(26)41-38(42-35)43-31-19-10-15-25-24-13-5-7-18-30(24)44-36-28(20-21-32(43)34(36)33(25)31)40-37(44)29-17-8-9-22-39-29/h1-34H;1-25H;1-22H. The smallest absolute Gasteiger partial charge is 0.235 e. The third-order valence-electron chi connectivity index (χ3n) is 30.2. The molecule has 692 valence electrons. The summed E-state index contributed by atoms with van der Waals surface area (Å²) in [4.78, 5) is 43.9. The van der Waals surface area contributed by atoms with Crippen molar-refractivity contribution in [2.24, 2.45) is 0 Å². The number of hydrogen-bond acceptors (Lipinski definition) is 9. The summed E-state index contributed by atoms with van der Waals surface area (Å²) >= 11 is 0. The Labute approximate surface area is 850 Å². The van der Waals surface area contributed by atoms with Crippen LogP contribution in [0.1, 0.15) is 0 Å². The van der Waals surface area contributed by atoms with Crippen molar-refractivity contribution >= 4 is 208 Å². The number of hydrogen-bond donors (Lipinski definition) is 0. The number of pyridine rings is 1. The average Bonchev–Trinajstić information content (AvgIpc) is 1.54. The summed E-state index contributed by atoms with van der Waals surface area (Å²) < 4.78 is 14.0. The van der Waals surface area contributed by atoms with Crippen LogP contribution in [-0.2, 0) is 0 Å². The van der Waals surface area contributed by atoms with E-state index in [1.165, 1.54) is 92.2 Å². The number of nitrogens with zero attached hydrogens (tertiary/aromatic N) is 15. The van der Waals surface area contributed by atoms with Crippen LogP contribution in [0, 0.1) is 0 Å². The zero-order valence-electron chi connectivity index (χ0n) is 80.0. The van der Waals surface area contributed by atoms with E-state index in [-0.39, 0.29) is 0 Å². The van der Waals surface area contributed by atoms with Gasteiger partial charge in [0, 0.05) is 110 Å². The van der Waals surface area contributed by atoms with Gasteiger partial charge in [-0.15, -0.1) is 0 Å². The van der Waals surface area contributed by atoms with Crippen LogP contribution in [0.25, 0.3) is 276 Å². The van der Waals surface area contributed by atoms with Crippen molar-refractivity contribution < 1.29 is 0 Å². The van der Waals surface area contributed by atoms with Crippen LogP contribution < -0.4 is 4.90 Å². The summed E-state index contributed by atoms with van der Waals surface area (Å²) in [6.07, 6.45) is 1.82. The molecule has 0 amide bonds. The molecule has 149 heavy (non-hydrogen) atoms. The van der Waals surface area contributed by atoms with Crippen molar-refractivity contribution in [2.45, 2.75) is 0 Å². The maximum Gasteiger partial charge on any atom is 0.235 e. The zero-order valence-corrected chi connectivity index (χ0v) is 80.0. The normalized spacial score (nSPS) is 12.0. The Morgan fingerprint density at radius 1 is 0.181 bits per heavy atom. The summed E-state index contributed by atoms with van der Waals surface area (Å²) in [6, 6.07) is 172. The first-order chi connectivity index (χ1) is 73.9. The van der Waals surface area contributed by atoms with Gasteiger partial charge in [-0.1, -0.05) is 328 Å². The van der Waals surface area contributed by atoms with E-state index in [1.807, 2.05) is 54.7 Å². The highest BCUT2D eigenvalue weighted by atomic mass is 15.2. The van der Waals surface area contributed by atoms with E-state index in [0.29, 0.717) is 11.9 Å². The van der Waals surface area contributed by atoms with Gasteiger partial charge in [0.1, 0.15) is 17.3 Å². The Balaban J connectivity index is 0.000000102. The van der Waals surface area contributed by atoms with Crippen LogP contribution in [0.5, 0.6) is 0 Å². The van der Waals surface area contributed by atoms with Crippen molar-refractivity contribution in [3.63, 3.8) is 0 Å². The third kappa shape index (κ3) is 12.9. The molecule has 15 nitrogen and oxygen atoms in total. The lowest BCUT2D eigenvalue weighted by molar-refractivity contribution is 1.01. The molecule has 0 aliphatic heterocycles. The monoisotopic (exact) mass is 1900 g/mol. The number of fused-ring (bicyclic) bond motifs is 13. The fourth-order valence-electron chi connectivity index (χ4n) is 23.8. The SMILES string of the molecule is c1ccc(-c2nc(-n3c4cccc5c6cc7ccccc7cc6n6c(-c7ccccc7)nc7ccc3c(c54)c76)nc3ccccc23)cc1.c1ccc(-c2nc(-n3c4cccc5c6ccccc6n6c(-c7ccccn7)nc7ccc3c(c54)c76)nc3ccccc23)cc1.c1ccc(-c2nc3ccc4c5c6c(cccc6n4-c4ccc(-c6ccc(N(c7ccccc7)c7ccccc7)cc6)cc4)c4cc6ccccc6cc4n2c35)cc1. The van der Waals surface area contributed by atoms with Crippen molar-refractivity contribution in [3.8, 4) is 85.5 Å². The first kappa shape index (κ1) is 83.2. The van der Waals surface area contributed by atoms with E-state index in [1.54, 1.807) is 0 Å². The first-order valence-corrected chi connectivity index (χ1v) is 50.4. The number of benzene rings is 21. The molecule has 0 aliphatic carbocycles. The maximum absolute atomic E-state index is 5.35. The van der Waals surface area contributed by atoms with Gasteiger partial charge in [0.25, 0.3) is 0 Å². The Kier molecular flexibility index (Phi) is 18.5. The molecule has 12 heterocycles. The van der Waals surface area contributed by atoms with Crippen LogP contribution in [0.4, 0.5) is 17.1 Å². The molecule has 0 saturated heterocycles. The van der Waals surface area contributed by atoms with E-state index < -0.39 is 0 Å². The number of rotatable bonds is 12. The lowest BCUT2D eigenvalue weighted by Gasteiger charge is -2.25. The van der Waals surface area contributed by atoms with Crippen LogP contribution in [0.2, 0.25) is 0 Å². The summed E-state index contributed by atoms with van der Waals surface area (Å²) in [5.74, 6) is 4.00. The van der Waals surface area contributed by atoms with Crippen LogP contribution >= 0.6 is 0 Å². The van der Waals surface area contributed by atoms with Gasteiger partial charge in [-0.25, -0.2) is 34.9 Å². The lowest BCUT2D eigenvalue weighted by atomic mass is 10.0. The molecule has 0 aliphatic rings. The Morgan fingerprint density at radius 2 is 0.517 bits per heavy atom. The van der Waals surface area contributed by atoms with Gasteiger partial charge in [0.15, 0.2) is 5.82 Å². The topological polar surface area (TPSA) is 134 Å². The summed E-state index contributed by atoms with van der Waals surface area (Å²) in [6.45, 7) is 0. The second kappa shape index (κ2) is 33.1. The highest BCUT2D eigenvalue weighted by molar-refractivity contribution is 6.34. The number of anilines is 3. The van der Waals surface area contributed by atoms with Gasteiger partial charge in [-0.3, -0.25) is 27.3 Å². The average molecular weight is 1900 g/mol. The Hall–Kier alpha value is -20.4. The molecular formula is C134H81N15. The molecular weight excluding hydrogens is 1820 g/mol. The molecule has 12 aromatic heterocycles. The van der Waals surface area contributed by atoms with Crippen molar-refractivity contribution in [1.29, 1.82) is 0 Å². The van der Waals surface area contributed by atoms with E-state index in [0.717, 1.165) is 189 Å². The van der Waals surface area contributed by atoms with Crippen LogP contribution in [-0.4, -0.2) is 66.8 Å². The predicted octanol–water partition coefficient (Wildman–Crippen LogP) is 33.6. The van der Waals surface area contributed by atoms with Gasteiger partial charge in [-0.2, -0.15) is 0 Å². The second-order valence-electron chi connectivity index (χ2n) is 38.4. The van der Waals surface area contributed by atoms with E-state index in [4.69, 9.17) is 39.9 Å².